The molecular formula is C18H20ClNO. The fourth-order valence-electron chi connectivity index (χ4n) is 2.31. The second-order valence-corrected chi connectivity index (χ2v) is 6.01. The van der Waals surface area contributed by atoms with Crippen LogP contribution in [0.3, 0.4) is 0 Å². The second-order valence-electron chi connectivity index (χ2n) is 5.58. The van der Waals surface area contributed by atoms with Gasteiger partial charge in [0.05, 0.1) is 6.04 Å². The van der Waals surface area contributed by atoms with Gasteiger partial charge >= 0.3 is 0 Å². The number of carbonyl (C=O) groups is 1. The summed E-state index contributed by atoms with van der Waals surface area (Å²) in [6.45, 7) is 4.31. The van der Waals surface area contributed by atoms with Crippen molar-refractivity contribution in [1.82, 2.24) is 5.32 Å². The molecule has 0 unspecified atom stereocenters. The maximum atomic E-state index is 12.4. The highest BCUT2D eigenvalue weighted by molar-refractivity contribution is 6.30. The van der Waals surface area contributed by atoms with Crippen molar-refractivity contribution in [3.63, 3.8) is 0 Å². The van der Waals surface area contributed by atoms with Crippen molar-refractivity contribution in [3.05, 3.63) is 70.7 Å². The molecule has 2 rings (SSSR count). The molecule has 0 aromatic heterocycles. The molecule has 0 aliphatic rings. The van der Waals surface area contributed by atoms with Crippen LogP contribution in [0.5, 0.6) is 0 Å². The zero-order valence-electron chi connectivity index (χ0n) is 12.3. The van der Waals surface area contributed by atoms with E-state index >= 15 is 0 Å². The van der Waals surface area contributed by atoms with Gasteiger partial charge in [-0.25, -0.2) is 0 Å². The first-order valence-electron chi connectivity index (χ1n) is 7.17. The Morgan fingerprint density at radius 1 is 1.10 bits per heavy atom. The summed E-state index contributed by atoms with van der Waals surface area (Å²) in [7, 11) is 0. The van der Waals surface area contributed by atoms with E-state index in [0.29, 0.717) is 16.5 Å². The van der Waals surface area contributed by atoms with Crippen LogP contribution in [0.25, 0.3) is 0 Å². The normalized spacial score (nSPS) is 12.2. The summed E-state index contributed by atoms with van der Waals surface area (Å²) in [6.07, 6.45) is 0.899. The van der Waals surface area contributed by atoms with E-state index in [1.165, 1.54) is 0 Å². The molecule has 0 fully saturated rings. The van der Waals surface area contributed by atoms with E-state index in [1.807, 2.05) is 30.3 Å². The first kappa shape index (κ1) is 15.6. The third-order valence-corrected chi connectivity index (χ3v) is 3.54. The third kappa shape index (κ3) is 4.61. The van der Waals surface area contributed by atoms with E-state index in [9.17, 15) is 4.79 Å². The van der Waals surface area contributed by atoms with Gasteiger partial charge < -0.3 is 5.32 Å². The Morgan fingerprint density at radius 3 is 2.43 bits per heavy atom. The van der Waals surface area contributed by atoms with E-state index in [1.54, 1.807) is 24.3 Å². The predicted octanol–water partition coefficient (Wildman–Crippen LogP) is 4.86. The number of amides is 1. The molecule has 2 nitrogen and oxygen atoms in total. The topological polar surface area (TPSA) is 29.1 Å². The number of benzene rings is 2. The van der Waals surface area contributed by atoms with Crippen LogP contribution in [0.1, 0.15) is 42.2 Å². The summed E-state index contributed by atoms with van der Waals surface area (Å²) in [4.78, 5) is 12.4. The van der Waals surface area contributed by atoms with Crippen molar-refractivity contribution in [2.24, 2.45) is 5.92 Å². The lowest BCUT2D eigenvalue weighted by atomic mass is 9.96. The van der Waals surface area contributed by atoms with Crippen molar-refractivity contribution in [2.75, 3.05) is 0 Å². The van der Waals surface area contributed by atoms with Crippen LogP contribution in [0.2, 0.25) is 5.02 Å². The quantitative estimate of drug-likeness (QED) is 0.839. The third-order valence-electron chi connectivity index (χ3n) is 3.30. The van der Waals surface area contributed by atoms with Crippen molar-refractivity contribution in [1.29, 1.82) is 0 Å². The van der Waals surface area contributed by atoms with E-state index in [0.717, 1.165) is 12.0 Å². The smallest absolute Gasteiger partial charge is 0.251 e. The van der Waals surface area contributed by atoms with Gasteiger partial charge in [-0.2, -0.15) is 0 Å². The molecule has 21 heavy (non-hydrogen) atoms. The summed E-state index contributed by atoms with van der Waals surface area (Å²) in [6, 6.07) is 17.1. The lowest BCUT2D eigenvalue weighted by Gasteiger charge is -2.21. The maximum Gasteiger partial charge on any atom is 0.251 e. The fourth-order valence-corrected chi connectivity index (χ4v) is 2.50. The number of hydrogen-bond acceptors (Lipinski definition) is 1. The molecule has 1 N–H and O–H groups in total. The fraction of sp³-hybridized carbons (Fsp3) is 0.278. The highest BCUT2D eigenvalue weighted by Crippen LogP contribution is 2.22. The largest absolute Gasteiger partial charge is 0.345 e. The summed E-state index contributed by atoms with van der Waals surface area (Å²) in [5.41, 5.74) is 1.72. The summed E-state index contributed by atoms with van der Waals surface area (Å²) in [5, 5.41) is 3.68. The number of rotatable bonds is 5. The van der Waals surface area contributed by atoms with Gasteiger partial charge in [-0.05, 0) is 36.1 Å². The Hall–Kier alpha value is -1.80. The minimum atomic E-state index is -0.0907. The first-order chi connectivity index (χ1) is 10.1. The van der Waals surface area contributed by atoms with Crippen LogP contribution >= 0.6 is 11.6 Å². The van der Waals surface area contributed by atoms with Crippen LogP contribution in [0.15, 0.2) is 54.6 Å². The van der Waals surface area contributed by atoms with Crippen LogP contribution in [0, 0.1) is 5.92 Å². The molecule has 2 aromatic rings. The zero-order chi connectivity index (χ0) is 15.2. The minimum absolute atomic E-state index is 0.0117. The van der Waals surface area contributed by atoms with Crippen molar-refractivity contribution in [3.8, 4) is 0 Å². The van der Waals surface area contributed by atoms with Crippen LogP contribution < -0.4 is 5.32 Å². The van der Waals surface area contributed by atoms with Gasteiger partial charge in [0.2, 0.25) is 0 Å². The molecule has 3 heteroatoms. The summed E-state index contributed by atoms with van der Waals surface area (Å²) < 4.78 is 0. The second kappa shape index (κ2) is 7.28. The number of hydrogen-bond donors (Lipinski definition) is 1. The lowest BCUT2D eigenvalue weighted by Crippen LogP contribution is -2.29. The maximum absolute atomic E-state index is 12.4. The number of nitrogens with one attached hydrogen (secondary N) is 1. The Kier molecular flexibility index (Phi) is 5.40. The van der Waals surface area contributed by atoms with Crippen molar-refractivity contribution in [2.45, 2.75) is 26.3 Å². The van der Waals surface area contributed by atoms with Crippen LogP contribution in [-0.2, 0) is 0 Å². The highest BCUT2D eigenvalue weighted by Gasteiger charge is 2.17. The Bertz CT molecular complexity index is 595. The molecule has 0 aliphatic heterocycles. The van der Waals surface area contributed by atoms with Gasteiger partial charge in [-0.1, -0.05) is 61.8 Å². The van der Waals surface area contributed by atoms with Crippen molar-refractivity contribution >= 4 is 17.5 Å². The SMILES string of the molecule is CC(C)C[C@@H](NC(=O)c1cccc(Cl)c1)c1ccccc1. The van der Waals surface area contributed by atoms with Gasteiger partial charge in [0, 0.05) is 10.6 Å². The van der Waals surface area contributed by atoms with E-state index in [-0.39, 0.29) is 11.9 Å². The molecule has 2 aromatic carbocycles. The van der Waals surface area contributed by atoms with Gasteiger partial charge in [0.15, 0.2) is 0 Å². The van der Waals surface area contributed by atoms with Gasteiger partial charge in [-0.15, -0.1) is 0 Å². The van der Waals surface area contributed by atoms with E-state index in [2.05, 4.69) is 19.2 Å². The molecule has 0 heterocycles. The molecule has 0 bridgehead atoms. The molecule has 0 saturated carbocycles. The Morgan fingerprint density at radius 2 is 1.81 bits per heavy atom. The summed E-state index contributed by atoms with van der Waals surface area (Å²) in [5.74, 6) is 0.405. The highest BCUT2D eigenvalue weighted by atomic mass is 35.5. The monoisotopic (exact) mass is 301 g/mol. The average molecular weight is 302 g/mol. The van der Waals surface area contributed by atoms with Gasteiger partial charge in [0.25, 0.3) is 5.91 Å². The number of halogens is 1. The minimum Gasteiger partial charge on any atom is -0.345 e. The molecule has 1 atom stereocenters. The Balaban J connectivity index is 2.17. The number of carbonyl (C=O) groups excluding carboxylic acids is 1. The molecular weight excluding hydrogens is 282 g/mol. The van der Waals surface area contributed by atoms with Crippen LogP contribution in [-0.4, -0.2) is 5.91 Å². The molecule has 110 valence electrons. The first-order valence-corrected chi connectivity index (χ1v) is 7.55. The zero-order valence-corrected chi connectivity index (χ0v) is 13.1. The standard InChI is InChI=1S/C18H20ClNO/c1-13(2)11-17(14-7-4-3-5-8-14)20-18(21)15-9-6-10-16(19)12-15/h3-10,12-13,17H,11H2,1-2H3,(H,20,21)/t17-/m1/s1. The van der Waals surface area contributed by atoms with Gasteiger partial charge in [0.1, 0.15) is 0 Å². The molecule has 0 saturated heterocycles. The lowest BCUT2D eigenvalue weighted by molar-refractivity contribution is 0.0932. The van der Waals surface area contributed by atoms with Crippen molar-refractivity contribution < 1.29 is 4.79 Å². The molecule has 0 radical (unpaired) electrons. The average Bonchev–Trinajstić information content (AvgIpc) is 2.47. The molecule has 1 amide bonds. The Labute approximate surface area is 131 Å². The van der Waals surface area contributed by atoms with Gasteiger partial charge in [-0.3, -0.25) is 4.79 Å². The van der Waals surface area contributed by atoms with E-state index < -0.39 is 0 Å². The van der Waals surface area contributed by atoms with E-state index in [4.69, 9.17) is 11.6 Å². The predicted molar refractivity (Wildman–Crippen MR) is 87.6 cm³/mol. The molecule has 0 aliphatic carbocycles. The molecule has 0 spiro atoms. The summed E-state index contributed by atoms with van der Waals surface area (Å²) >= 11 is 5.95. The van der Waals surface area contributed by atoms with Crippen LogP contribution in [0.4, 0.5) is 0 Å².